The molecule has 0 radical (unpaired) electrons. The standard InChI is InChI=1S/C27H30N2O3/c1-31-23-12-8-21(9-13-23)27(22-10-14-24(32-2)15-11-22)18-25(27)26(30)29-17-4-3-6-20-7-5-16-28-19-20/h5,7-16,19,25H,3-4,6,17-18H2,1-2H3,(H,29,30)/t25-/m1/s1. The molecule has 3 aromatic rings. The number of carbonyl (C=O) groups is 1. The van der Waals surface area contributed by atoms with Gasteiger partial charge >= 0.3 is 0 Å². The molecular weight excluding hydrogens is 400 g/mol. The van der Waals surface area contributed by atoms with Crippen LogP contribution in [0.15, 0.2) is 73.1 Å². The molecule has 1 N–H and O–H groups in total. The van der Waals surface area contributed by atoms with Crippen molar-refractivity contribution < 1.29 is 14.3 Å². The van der Waals surface area contributed by atoms with Crippen LogP contribution in [0.1, 0.15) is 36.0 Å². The fourth-order valence-corrected chi connectivity index (χ4v) is 4.50. The molecule has 5 heteroatoms. The molecule has 1 aliphatic rings. The molecule has 0 aliphatic heterocycles. The number of pyridine rings is 1. The molecule has 0 unspecified atom stereocenters. The van der Waals surface area contributed by atoms with E-state index < -0.39 is 0 Å². The number of hydrogen-bond acceptors (Lipinski definition) is 4. The average molecular weight is 431 g/mol. The van der Waals surface area contributed by atoms with Crippen molar-refractivity contribution in [3.8, 4) is 11.5 Å². The third kappa shape index (κ3) is 4.62. The van der Waals surface area contributed by atoms with Gasteiger partial charge in [-0.3, -0.25) is 9.78 Å². The van der Waals surface area contributed by atoms with Crippen molar-refractivity contribution in [1.29, 1.82) is 0 Å². The van der Waals surface area contributed by atoms with E-state index in [1.54, 1.807) is 20.4 Å². The molecule has 1 atom stereocenters. The Balaban J connectivity index is 1.41. The number of carbonyl (C=O) groups excluding carboxylic acids is 1. The van der Waals surface area contributed by atoms with Gasteiger partial charge in [-0.2, -0.15) is 0 Å². The lowest BCUT2D eigenvalue weighted by molar-refractivity contribution is -0.122. The number of aromatic nitrogens is 1. The Morgan fingerprint density at radius 2 is 1.59 bits per heavy atom. The summed E-state index contributed by atoms with van der Waals surface area (Å²) in [6, 6.07) is 20.2. The molecule has 1 aliphatic carbocycles. The largest absolute Gasteiger partial charge is 0.497 e. The maximum Gasteiger partial charge on any atom is 0.224 e. The van der Waals surface area contributed by atoms with E-state index in [1.807, 2.05) is 36.5 Å². The smallest absolute Gasteiger partial charge is 0.224 e. The van der Waals surface area contributed by atoms with Gasteiger partial charge in [0, 0.05) is 24.4 Å². The summed E-state index contributed by atoms with van der Waals surface area (Å²) < 4.78 is 10.6. The second kappa shape index (κ2) is 9.86. The molecule has 0 spiro atoms. The number of hydrogen-bond donors (Lipinski definition) is 1. The number of unbranched alkanes of at least 4 members (excludes halogenated alkanes) is 1. The molecule has 1 aromatic heterocycles. The zero-order valence-corrected chi connectivity index (χ0v) is 18.7. The molecule has 166 valence electrons. The van der Waals surface area contributed by atoms with Crippen LogP contribution in [-0.4, -0.2) is 31.7 Å². The Bertz CT molecular complexity index is 970. The van der Waals surface area contributed by atoms with Crippen molar-refractivity contribution >= 4 is 5.91 Å². The number of methoxy groups -OCH3 is 2. The number of nitrogens with zero attached hydrogens (tertiary/aromatic N) is 1. The highest BCUT2D eigenvalue weighted by atomic mass is 16.5. The summed E-state index contributed by atoms with van der Waals surface area (Å²) >= 11 is 0. The minimum Gasteiger partial charge on any atom is -0.497 e. The molecule has 0 saturated heterocycles. The molecule has 1 saturated carbocycles. The van der Waals surface area contributed by atoms with E-state index in [2.05, 4.69) is 40.6 Å². The third-order valence-corrected chi connectivity index (χ3v) is 6.40. The topological polar surface area (TPSA) is 60.5 Å². The van der Waals surface area contributed by atoms with Crippen LogP contribution < -0.4 is 14.8 Å². The minimum absolute atomic E-state index is 0.0809. The van der Waals surface area contributed by atoms with Crippen LogP contribution in [0.4, 0.5) is 0 Å². The normalized spacial score (nSPS) is 16.2. The Hall–Kier alpha value is -3.34. The molecular formula is C27H30N2O3. The lowest BCUT2D eigenvalue weighted by Gasteiger charge is -2.20. The van der Waals surface area contributed by atoms with Gasteiger partial charge < -0.3 is 14.8 Å². The first-order valence-corrected chi connectivity index (χ1v) is 11.1. The molecule has 5 nitrogen and oxygen atoms in total. The van der Waals surface area contributed by atoms with Crippen LogP contribution in [0.3, 0.4) is 0 Å². The van der Waals surface area contributed by atoms with Crippen molar-refractivity contribution in [2.45, 2.75) is 31.1 Å². The molecule has 1 heterocycles. The zero-order chi connectivity index (χ0) is 22.4. The van der Waals surface area contributed by atoms with Gasteiger partial charge in [0.25, 0.3) is 0 Å². The van der Waals surface area contributed by atoms with Crippen molar-refractivity contribution in [2.24, 2.45) is 5.92 Å². The van der Waals surface area contributed by atoms with Crippen molar-refractivity contribution in [1.82, 2.24) is 10.3 Å². The molecule has 2 aromatic carbocycles. The first-order chi connectivity index (χ1) is 15.7. The highest BCUT2D eigenvalue weighted by molar-refractivity contribution is 5.86. The Morgan fingerprint density at radius 3 is 2.12 bits per heavy atom. The number of aryl methyl sites for hydroxylation is 1. The number of benzene rings is 2. The van der Waals surface area contributed by atoms with Gasteiger partial charge in [-0.15, -0.1) is 0 Å². The number of ether oxygens (including phenoxy) is 2. The van der Waals surface area contributed by atoms with Gasteiger partial charge in [0.15, 0.2) is 0 Å². The van der Waals surface area contributed by atoms with Crippen LogP contribution in [0.2, 0.25) is 0 Å². The number of rotatable bonds is 10. The number of amides is 1. The fourth-order valence-electron chi connectivity index (χ4n) is 4.50. The summed E-state index contributed by atoms with van der Waals surface area (Å²) in [6.45, 7) is 0.691. The quantitative estimate of drug-likeness (QED) is 0.480. The van der Waals surface area contributed by atoms with Gasteiger partial charge in [0.2, 0.25) is 5.91 Å². The summed E-state index contributed by atoms with van der Waals surface area (Å²) in [4.78, 5) is 17.2. The maximum absolute atomic E-state index is 13.1. The molecule has 1 amide bonds. The van der Waals surface area contributed by atoms with E-state index in [-0.39, 0.29) is 17.2 Å². The summed E-state index contributed by atoms with van der Waals surface area (Å²) in [5.41, 5.74) is 3.21. The Labute approximate surface area is 189 Å². The van der Waals surface area contributed by atoms with E-state index >= 15 is 0 Å². The summed E-state index contributed by atoms with van der Waals surface area (Å²) in [6.07, 6.45) is 7.45. The summed E-state index contributed by atoms with van der Waals surface area (Å²) in [5.74, 6) is 1.67. The van der Waals surface area contributed by atoms with Gasteiger partial charge in [0.1, 0.15) is 11.5 Å². The zero-order valence-electron chi connectivity index (χ0n) is 18.7. The van der Waals surface area contributed by atoms with E-state index in [9.17, 15) is 4.79 Å². The predicted octanol–water partition coefficient (Wildman–Crippen LogP) is 4.54. The van der Waals surface area contributed by atoms with Gasteiger partial charge in [0.05, 0.1) is 20.1 Å². The average Bonchev–Trinajstić information content (AvgIpc) is 3.61. The van der Waals surface area contributed by atoms with Crippen LogP contribution in [0, 0.1) is 5.92 Å². The highest BCUT2D eigenvalue weighted by Crippen LogP contribution is 2.59. The molecule has 0 bridgehead atoms. The number of nitrogens with one attached hydrogen (secondary N) is 1. The fraction of sp³-hybridized carbons (Fsp3) is 0.333. The van der Waals surface area contributed by atoms with Crippen molar-refractivity contribution in [3.63, 3.8) is 0 Å². The second-order valence-corrected chi connectivity index (χ2v) is 8.29. The lowest BCUT2D eigenvalue weighted by Crippen LogP contribution is -2.30. The maximum atomic E-state index is 13.1. The minimum atomic E-state index is -0.307. The van der Waals surface area contributed by atoms with E-state index in [1.165, 1.54) is 5.56 Å². The molecule has 1 fully saturated rings. The SMILES string of the molecule is COc1ccc(C2(c3ccc(OC)cc3)C[C@@H]2C(=O)NCCCCc2cccnc2)cc1. The first-order valence-electron chi connectivity index (χ1n) is 11.1. The Morgan fingerprint density at radius 1 is 0.969 bits per heavy atom. The van der Waals surface area contributed by atoms with Crippen LogP contribution in [-0.2, 0) is 16.6 Å². The van der Waals surface area contributed by atoms with Gasteiger partial charge in [-0.05, 0) is 72.7 Å². The monoisotopic (exact) mass is 430 g/mol. The third-order valence-electron chi connectivity index (χ3n) is 6.40. The van der Waals surface area contributed by atoms with Gasteiger partial charge in [-0.25, -0.2) is 0 Å². The summed E-state index contributed by atoms with van der Waals surface area (Å²) in [5, 5.41) is 3.17. The van der Waals surface area contributed by atoms with Gasteiger partial charge in [-0.1, -0.05) is 30.3 Å². The van der Waals surface area contributed by atoms with Crippen molar-refractivity contribution in [2.75, 3.05) is 20.8 Å². The predicted molar refractivity (Wildman–Crippen MR) is 125 cm³/mol. The molecule has 4 rings (SSSR count). The highest BCUT2D eigenvalue weighted by Gasteiger charge is 2.60. The summed E-state index contributed by atoms with van der Waals surface area (Å²) in [7, 11) is 3.33. The van der Waals surface area contributed by atoms with Crippen molar-refractivity contribution in [3.05, 3.63) is 89.7 Å². The van der Waals surface area contributed by atoms with Crippen LogP contribution in [0.25, 0.3) is 0 Å². The Kier molecular flexibility index (Phi) is 6.74. The van der Waals surface area contributed by atoms with Crippen LogP contribution >= 0.6 is 0 Å². The van der Waals surface area contributed by atoms with E-state index in [4.69, 9.17) is 9.47 Å². The van der Waals surface area contributed by atoms with Crippen LogP contribution in [0.5, 0.6) is 11.5 Å². The van der Waals surface area contributed by atoms with E-state index in [0.29, 0.717) is 6.54 Å². The molecule has 32 heavy (non-hydrogen) atoms. The second-order valence-electron chi connectivity index (χ2n) is 8.29. The lowest BCUT2D eigenvalue weighted by atomic mass is 9.85. The van der Waals surface area contributed by atoms with E-state index in [0.717, 1.165) is 48.3 Å². The first kappa shape index (κ1) is 21.9.